The van der Waals surface area contributed by atoms with Crippen LogP contribution < -0.4 is 79.0 Å². The second kappa shape index (κ2) is 42.1. The molecule has 3 saturated heterocycles. The van der Waals surface area contributed by atoms with E-state index in [9.17, 15) is 74.7 Å². The quantitative estimate of drug-likeness (QED) is 0.0315. The van der Waals surface area contributed by atoms with Crippen LogP contribution in [0.1, 0.15) is 111 Å². The number of rotatable bonds is 23. The molecule has 15 rings (SSSR count). The van der Waals surface area contributed by atoms with Gasteiger partial charge in [-0.25, -0.2) is 10.3 Å². The van der Waals surface area contributed by atoms with E-state index >= 15 is 24.0 Å². The Morgan fingerprint density at radius 1 is 0.720 bits per heavy atom. The number of primary amides is 1. The fourth-order valence-electron chi connectivity index (χ4n) is 15.8. The molecule has 3 fully saturated rings. The summed E-state index contributed by atoms with van der Waals surface area (Å²) in [5, 5.41) is 130. The van der Waals surface area contributed by atoms with Crippen molar-refractivity contribution >= 4 is 106 Å². The third-order valence-corrected chi connectivity index (χ3v) is 23.6. The summed E-state index contributed by atoms with van der Waals surface area (Å²) in [6.07, 6.45) is -15.6. The van der Waals surface area contributed by atoms with Crippen molar-refractivity contribution in [3.8, 4) is 57.1 Å². The number of carbonyl (C=O) groups excluding carboxylic acids is 10. The number of carbonyl (C=O) groups is 10. The Bertz CT molecular complexity index is 5640. The van der Waals surface area contributed by atoms with E-state index in [1.165, 1.54) is 60.0 Å². The molecule has 0 aliphatic carbocycles. The van der Waals surface area contributed by atoms with E-state index in [-0.39, 0.29) is 75.1 Å². The Hall–Kier alpha value is -12.2. The molecule has 10 amide bonds. The molecule has 704 valence electrons. The highest BCUT2D eigenvalue weighted by molar-refractivity contribution is 6.32. The van der Waals surface area contributed by atoms with Gasteiger partial charge in [-0.2, -0.15) is 4.98 Å². The summed E-state index contributed by atoms with van der Waals surface area (Å²) in [5.41, 5.74) is 3.43. The van der Waals surface area contributed by atoms with Gasteiger partial charge >= 0.3 is 5.69 Å². The number of aromatic nitrogens is 2. The number of fused-ring (bicyclic) bond motifs is 15. The molecule has 21 N–H and O–H groups in total. The van der Waals surface area contributed by atoms with Crippen molar-refractivity contribution in [2.75, 3.05) is 58.4 Å². The number of hydroxylamine groups is 1. The molecule has 45 heteroatoms. The molecular formula is C87H97Cl3N14O28. The molecule has 9 heterocycles. The van der Waals surface area contributed by atoms with Crippen molar-refractivity contribution < 1.29 is 132 Å². The van der Waals surface area contributed by atoms with Gasteiger partial charge in [0.25, 0.3) is 11.8 Å². The van der Waals surface area contributed by atoms with Crippen LogP contribution in [0.4, 0.5) is 5.82 Å². The van der Waals surface area contributed by atoms with Gasteiger partial charge in [-0.05, 0) is 145 Å². The van der Waals surface area contributed by atoms with Crippen LogP contribution in [0.15, 0.2) is 126 Å². The number of aliphatic hydroxyl groups is 6. The van der Waals surface area contributed by atoms with Crippen LogP contribution in [0, 0.1) is 5.92 Å². The number of aromatic hydroxyl groups is 3. The maximum atomic E-state index is 16.4. The number of nitrogens with two attached hydrogens (primary N) is 1. The standard InChI is InChI=1S/C87H97Cl3N14O28/c1-38(2)26-51(92-5)78(117)100-69-71(112)42-10-15-55(49(89)28-42)128-57-30-44-31-58(75(57)132-85-76(74(115)73(114)59(36-105)130-85)131-64-35-87(4,77(116)39(3)127-64)93-19-21-104-20-18-61(96-86(104)124)95-62(110)17-8-40-6-12-45(88)13-7-40)129-56-16-11-43(29-50(56)90)72(113)70-83(122)99-68(84(123)102-126-37-63(111)103-22-24-125-25-23-103)48-32-46(106)33-54(108)65(48)47-27-41(9-14-53(47)107)66(80(119)101-70)98-81(120)67(44)97-79(118)52(34-60(91)109)94-82(69)121/h6-18,20,27-33,38-39,51-52,59,64,66-74,76-77,85,92-93,105-108,112-116H,19,21-26,34-37H2,1-5H3,(H2,91,109)(H,94,121)(H,97,118)(H,98,120)(H,99,122)(H,100,117)(H,101,119)(H,102,123)(H,95,96,110,124)/b17-8+/t39?,51?,52?,59?,64?,66?,67?,68-,69?,70?,71?,72?,73?,74?,76?,77?,85?,87+/m1/s1. The first-order valence-electron chi connectivity index (χ1n) is 41.6. The summed E-state index contributed by atoms with van der Waals surface area (Å²) in [4.78, 5) is 171. The number of anilines is 1. The molecule has 0 spiro atoms. The number of likely N-dealkylation sites (N-methyl/N-ethyl adjacent to an activating group) is 1. The first kappa shape index (κ1) is 97.3. The van der Waals surface area contributed by atoms with E-state index in [2.05, 4.69) is 58.3 Å². The minimum atomic E-state index is -2.42. The van der Waals surface area contributed by atoms with Gasteiger partial charge in [0, 0.05) is 72.6 Å². The first-order valence-corrected chi connectivity index (χ1v) is 42.8. The van der Waals surface area contributed by atoms with Gasteiger partial charge in [-0.3, -0.25) is 57.4 Å². The maximum absolute atomic E-state index is 16.4. The van der Waals surface area contributed by atoms with E-state index < -0.39 is 277 Å². The Kier molecular flexibility index (Phi) is 31.1. The minimum absolute atomic E-state index is 0.0431. The Balaban J connectivity index is 0.934. The van der Waals surface area contributed by atoms with Crippen molar-refractivity contribution in [3.63, 3.8) is 0 Å². The summed E-state index contributed by atoms with van der Waals surface area (Å²) in [6.45, 7) is 5.49. The highest BCUT2D eigenvalue weighted by atomic mass is 35.5. The molecule has 16 unspecified atom stereocenters. The van der Waals surface area contributed by atoms with Crippen LogP contribution in [0.3, 0.4) is 0 Å². The second-order valence-electron chi connectivity index (χ2n) is 32.6. The molecular weight excluding hydrogens is 1800 g/mol. The normalized spacial score (nSPS) is 25.9. The smallest absolute Gasteiger partial charge is 0.349 e. The van der Waals surface area contributed by atoms with Crippen molar-refractivity contribution in [1.29, 1.82) is 0 Å². The molecule has 6 aromatic carbocycles. The average molecular weight is 1890 g/mol. The van der Waals surface area contributed by atoms with Crippen LogP contribution >= 0.6 is 34.8 Å². The van der Waals surface area contributed by atoms with Gasteiger partial charge in [0.2, 0.25) is 59.3 Å². The summed E-state index contributed by atoms with van der Waals surface area (Å²) in [5.74, 6) is -17.3. The average Bonchev–Trinajstić information content (AvgIpc) is 0.765. The third-order valence-electron chi connectivity index (χ3n) is 22.8. The molecule has 18 atom stereocenters. The summed E-state index contributed by atoms with van der Waals surface area (Å²) in [7, 11) is 1.46. The number of phenolic OH excluding ortho intramolecular Hbond substituents is 3. The second-order valence-corrected chi connectivity index (χ2v) is 33.9. The molecule has 0 radical (unpaired) electrons. The number of amides is 10. The largest absolute Gasteiger partial charge is 0.508 e. The zero-order valence-electron chi connectivity index (χ0n) is 71.1. The van der Waals surface area contributed by atoms with Crippen molar-refractivity contribution in [1.82, 2.24) is 62.5 Å². The number of phenols is 3. The molecule has 0 saturated carbocycles. The lowest BCUT2D eigenvalue weighted by molar-refractivity contribution is -0.334. The lowest BCUT2D eigenvalue weighted by atomic mass is 9.85. The number of nitrogens with zero attached hydrogens (tertiary/aromatic N) is 3. The number of hydrogen-bond donors (Lipinski definition) is 20. The molecule has 1 aromatic heterocycles. The van der Waals surface area contributed by atoms with Crippen LogP contribution in [-0.2, 0) is 78.3 Å². The predicted octanol–water partition coefficient (Wildman–Crippen LogP) is 1.12. The molecule has 8 aliphatic rings. The van der Waals surface area contributed by atoms with Crippen LogP contribution in [0.2, 0.25) is 15.1 Å². The highest BCUT2D eigenvalue weighted by Gasteiger charge is 2.53. The lowest BCUT2D eigenvalue weighted by Crippen LogP contribution is -2.65. The van der Waals surface area contributed by atoms with E-state index in [0.717, 1.165) is 66.7 Å². The Morgan fingerprint density at radius 3 is 2.02 bits per heavy atom. The van der Waals surface area contributed by atoms with Gasteiger partial charge in [0.1, 0.15) is 101 Å². The van der Waals surface area contributed by atoms with E-state index in [4.69, 9.17) is 78.5 Å². The number of morpholine rings is 1. The SMILES string of the molecule is CNC(CC(C)C)C(=O)NC1C(=O)NC(CC(N)=O)C(=O)NC2C(=O)NC3C(=O)NC(C(=O)N[C@@H](C(=O)NOCC(=O)N4CCOCC4)c4cc(O)cc(O)c4-c4cc3ccc4O)C(O)c3ccc(c(Cl)c3)Oc3cc2cc(c3OC2OC(CO)C(O)C(O)C2OC2C[C@](C)(NCCn3ccc(NC(=O)/C=C/c4ccc(Cl)cc4)nc3=O)C(O)C(C)O2)Oc2ccc(cc2Cl)C1O. The summed E-state index contributed by atoms with van der Waals surface area (Å²) >= 11 is 20.4. The molecule has 8 aliphatic heterocycles. The number of aliphatic hydroxyl groups excluding tert-OH is 6. The van der Waals surface area contributed by atoms with Gasteiger partial charge in [0.05, 0.1) is 54.5 Å². The van der Waals surface area contributed by atoms with Crippen molar-refractivity contribution in [2.24, 2.45) is 11.7 Å². The van der Waals surface area contributed by atoms with Gasteiger partial charge in [0.15, 0.2) is 30.5 Å². The fourth-order valence-corrected chi connectivity index (χ4v) is 16.4. The van der Waals surface area contributed by atoms with Crippen LogP contribution in [-0.4, -0.2) is 252 Å². The van der Waals surface area contributed by atoms with Crippen LogP contribution in [0.25, 0.3) is 17.2 Å². The van der Waals surface area contributed by atoms with E-state index in [0.29, 0.717) is 10.6 Å². The first-order chi connectivity index (χ1) is 62.8. The van der Waals surface area contributed by atoms with Gasteiger partial charge in [-0.15, -0.1) is 0 Å². The number of hydrogen-bond acceptors (Lipinski definition) is 31. The number of nitrogens with one attached hydrogen (secondary N) is 10. The highest BCUT2D eigenvalue weighted by Crippen LogP contribution is 2.50. The zero-order valence-corrected chi connectivity index (χ0v) is 73.4. The summed E-state index contributed by atoms with van der Waals surface area (Å²) in [6, 6.07) is 7.07. The fraction of sp³-hybridized carbons (Fsp3) is 0.402. The zero-order chi connectivity index (χ0) is 95.0. The maximum Gasteiger partial charge on any atom is 0.349 e. The number of halogens is 3. The molecule has 11 bridgehead atoms. The minimum Gasteiger partial charge on any atom is -0.508 e. The van der Waals surface area contributed by atoms with Crippen LogP contribution in [0.5, 0.6) is 46.0 Å². The monoisotopic (exact) mass is 1890 g/mol. The Labute approximate surface area is 766 Å². The van der Waals surface area contributed by atoms with Crippen molar-refractivity contribution in [3.05, 3.63) is 180 Å². The Morgan fingerprint density at radius 2 is 1.37 bits per heavy atom. The third kappa shape index (κ3) is 22.6. The molecule has 42 nitrogen and oxygen atoms in total. The summed E-state index contributed by atoms with van der Waals surface area (Å²) < 4.78 is 46.1. The van der Waals surface area contributed by atoms with E-state index in [1.54, 1.807) is 31.2 Å². The van der Waals surface area contributed by atoms with Gasteiger partial charge in [-0.1, -0.05) is 79.0 Å². The predicted molar refractivity (Wildman–Crippen MR) is 465 cm³/mol. The number of ether oxygens (including phenoxy) is 7. The lowest BCUT2D eigenvalue weighted by Gasteiger charge is -2.48. The molecule has 7 aromatic rings. The topological polar surface area (TPSA) is 611 Å². The number of benzene rings is 6. The molecule has 132 heavy (non-hydrogen) atoms. The van der Waals surface area contributed by atoms with E-state index in [1.807, 2.05) is 13.8 Å². The van der Waals surface area contributed by atoms with Crippen molar-refractivity contribution in [2.45, 2.75) is 163 Å². The van der Waals surface area contributed by atoms with Gasteiger partial charge < -0.3 is 138 Å².